The van der Waals surface area contributed by atoms with E-state index in [0.29, 0.717) is 0 Å². The normalized spacial score (nSPS) is 10.9. The lowest BCUT2D eigenvalue weighted by Crippen LogP contribution is -1.90. The van der Waals surface area contributed by atoms with E-state index in [1.165, 1.54) is 30.2 Å². The number of rotatable bonds is 4. The highest BCUT2D eigenvalue weighted by Gasteiger charge is 2.00. The number of nitrogens with zero attached hydrogens (tertiary/aromatic N) is 2. The Labute approximate surface area is 96.7 Å². The molecule has 2 nitrogen and oxygen atoms in total. The Morgan fingerprint density at radius 1 is 1.12 bits per heavy atom. The Bertz CT molecular complexity index is 477. The summed E-state index contributed by atoms with van der Waals surface area (Å²) in [7, 11) is 0. The van der Waals surface area contributed by atoms with Crippen LogP contribution in [0, 0.1) is 6.92 Å². The third-order valence-corrected chi connectivity index (χ3v) is 2.97. The summed E-state index contributed by atoms with van der Waals surface area (Å²) in [4.78, 5) is 8.52. The molecule has 0 aliphatic heterocycles. The molecule has 0 amide bonds. The second kappa shape index (κ2) is 5.06. The van der Waals surface area contributed by atoms with Gasteiger partial charge in [-0.25, -0.2) is 9.97 Å². The molecule has 0 unspecified atom stereocenters. The van der Waals surface area contributed by atoms with Crippen LogP contribution in [0.25, 0.3) is 10.9 Å². The fourth-order valence-corrected chi connectivity index (χ4v) is 1.97. The predicted molar refractivity (Wildman–Crippen MR) is 67.5 cm³/mol. The zero-order chi connectivity index (χ0) is 11.4. The lowest BCUT2D eigenvalue weighted by atomic mass is 10.0. The van der Waals surface area contributed by atoms with E-state index in [1.54, 1.807) is 6.33 Å². The van der Waals surface area contributed by atoms with Gasteiger partial charge in [0.2, 0.25) is 0 Å². The number of aryl methyl sites for hydroxylation is 2. The molecule has 1 aromatic heterocycles. The van der Waals surface area contributed by atoms with Crippen molar-refractivity contribution in [3.05, 3.63) is 35.8 Å². The smallest absolute Gasteiger partial charge is 0.116 e. The SMILES string of the molecule is CCCCCc1ccc2c(C)ncnc2c1. The second-order valence-electron chi connectivity index (χ2n) is 4.27. The van der Waals surface area contributed by atoms with Crippen molar-refractivity contribution in [1.29, 1.82) is 0 Å². The molecule has 0 N–H and O–H groups in total. The third kappa shape index (κ3) is 2.38. The second-order valence-corrected chi connectivity index (χ2v) is 4.27. The number of unbranched alkanes of at least 4 members (excludes halogenated alkanes) is 2. The summed E-state index contributed by atoms with van der Waals surface area (Å²) in [5.74, 6) is 0. The van der Waals surface area contributed by atoms with E-state index >= 15 is 0 Å². The molecular formula is C14H18N2. The molecule has 2 heteroatoms. The number of hydrogen-bond acceptors (Lipinski definition) is 2. The monoisotopic (exact) mass is 214 g/mol. The zero-order valence-electron chi connectivity index (χ0n) is 10.0. The van der Waals surface area contributed by atoms with Crippen molar-refractivity contribution in [2.75, 3.05) is 0 Å². The van der Waals surface area contributed by atoms with E-state index in [0.717, 1.165) is 17.6 Å². The molecule has 0 bridgehead atoms. The Morgan fingerprint density at radius 2 is 2.00 bits per heavy atom. The van der Waals surface area contributed by atoms with Gasteiger partial charge in [0.25, 0.3) is 0 Å². The van der Waals surface area contributed by atoms with Crippen LogP contribution in [-0.2, 0) is 6.42 Å². The van der Waals surface area contributed by atoms with Gasteiger partial charge in [0.05, 0.1) is 5.52 Å². The fraction of sp³-hybridized carbons (Fsp3) is 0.429. The molecule has 0 saturated heterocycles. The predicted octanol–water partition coefficient (Wildman–Crippen LogP) is 3.67. The van der Waals surface area contributed by atoms with Crippen LogP contribution in [0.1, 0.15) is 37.4 Å². The van der Waals surface area contributed by atoms with Crippen LogP contribution in [0.15, 0.2) is 24.5 Å². The highest BCUT2D eigenvalue weighted by atomic mass is 14.8. The van der Waals surface area contributed by atoms with E-state index in [9.17, 15) is 0 Å². The van der Waals surface area contributed by atoms with Crippen molar-refractivity contribution in [3.8, 4) is 0 Å². The Hall–Kier alpha value is -1.44. The minimum absolute atomic E-state index is 1.06. The largest absolute Gasteiger partial charge is 0.241 e. The minimum atomic E-state index is 1.06. The molecule has 0 aliphatic rings. The van der Waals surface area contributed by atoms with Crippen molar-refractivity contribution in [3.63, 3.8) is 0 Å². The molecule has 2 rings (SSSR count). The zero-order valence-corrected chi connectivity index (χ0v) is 10.0. The van der Waals surface area contributed by atoms with E-state index in [-0.39, 0.29) is 0 Å². The van der Waals surface area contributed by atoms with Crippen LogP contribution in [0.2, 0.25) is 0 Å². The molecule has 0 aliphatic carbocycles. The van der Waals surface area contributed by atoms with Gasteiger partial charge < -0.3 is 0 Å². The van der Waals surface area contributed by atoms with Crippen molar-refractivity contribution in [1.82, 2.24) is 9.97 Å². The highest BCUT2D eigenvalue weighted by Crippen LogP contribution is 2.17. The van der Waals surface area contributed by atoms with Gasteiger partial charge in [-0.3, -0.25) is 0 Å². The average Bonchev–Trinajstić information content (AvgIpc) is 2.30. The van der Waals surface area contributed by atoms with Crippen molar-refractivity contribution >= 4 is 10.9 Å². The number of hydrogen-bond donors (Lipinski definition) is 0. The average molecular weight is 214 g/mol. The topological polar surface area (TPSA) is 25.8 Å². The van der Waals surface area contributed by atoms with Gasteiger partial charge in [-0.05, 0) is 31.4 Å². The first-order valence-electron chi connectivity index (χ1n) is 6.01. The molecule has 1 heterocycles. The first kappa shape index (κ1) is 11.1. The molecule has 2 aromatic rings. The van der Waals surface area contributed by atoms with Gasteiger partial charge in [0.1, 0.15) is 6.33 Å². The van der Waals surface area contributed by atoms with E-state index in [1.807, 2.05) is 6.92 Å². The molecular weight excluding hydrogens is 196 g/mol. The van der Waals surface area contributed by atoms with Crippen molar-refractivity contribution in [2.45, 2.75) is 39.5 Å². The maximum absolute atomic E-state index is 4.32. The van der Waals surface area contributed by atoms with Gasteiger partial charge in [0.15, 0.2) is 0 Å². The van der Waals surface area contributed by atoms with Gasteiger partial charge in [-0.15, -0.1) is 0 Å². The molecule has 84 valence electrons. The summed E-state index contributed by atoms with van der Waals surface area (Å²) < 4.78 is 0. The molecule has 0 atom stereocenters. The summed E-state index contributed by atoms with van der Waals surface area (Å²) >= 11 is 0. The molecule has 1 aromatic carbocycles. The fourth-order valence-electron chi connectivity index (χ4n) is 1.97. The van der Waals surface area contributed by atoms with Crippen molar-refractivity contribution < 1.29 is 0 Å². The number of aromatic nitrogens is 2. The standard InChI is InChI=1S/C14H18N2/c1-3-4-5-6-12-7-8-13-11(2)15-10-16-14(13)9-12/h7-10H,3-6H2,1-2H3. The lowest BCUT2D eigenvalue weighted by Gasteiger charge is -2.04. The Kier molecular flexibility index (Phi) is 3.50. The molecule has 16 heavy (non-hydrogen) atoms. The minimum Gasteiger partial charge on any atom is -0.241 e. The van der Waals surface area contributed by atoms with Crippen LogP contribution < -0.4 is 0 Å². The Balaban J connectivity index is 2.23. The lowest BCUT2D eigenvalue weighted by molar-refractivity contribution is 0.718. The summed E-state index contributed by atoms with van der Waals surface area (Å²) in [6.45, 7) is 4.26. The van der Waals surface area contributed by atoms with Crippen molar-refractivity contribution in [2.24, 2.45) is 0 Å². The van der Waals surface area contributed by atoms with Gasteiger partial charge in [-0.1, -0.05) is 31.9 Å². The maximum atomic E-state index is 4.32. The quantitative estimate of drug-likeness (QED) is 0.726. The van der Waals surface area contributed by atoms with Crippen LogP contribution in [0.3, 0.4) is 0 Å². The van der Waals surface area contributed by atoms with E-state index < -0.39 is 0 Å². The van der Waals surface area contributed by atoms with Crippen LogP contribution in [0.4, 0.5) is 0 Å². The highest BCUT2D eigenvalue weighted by molar-refractivity contribution is 5.81. The number of benzene rings is 1. The van der Waals surface area contributed by atoms with Gasteiger partial charge in [0, 0.05) is 11.1 Å². The number of fused-ring (bicyclic) bond motifs is 1. The maximum Gasteiger partial charge on any atom is 0.116 e. The first-order chi connectivity index (χ1) is 7.81. The summed E-state index contributed by atoms with van der Waals surface area (Å²) in [5.41, 5.74) is 3.52. The van der Waals surface area contributed by atoms with Crippen LogP contribution in [-0.4, -0.2) is 9.97 Å². The van der Waals surface area contributed by atoms with Crippen LogP contribution in [0.5, 0.6) is 0 Å². The van der Waals surface area contributed by atoms with Gasteiger partial charge >= 0.3 is 0 Å². The summed E-state index contributed by atoms with van der Waals surface area (Å²) in [6.07, 6.45) is 6.65. The summed E-state index contributed by atoms with van der Waals surface area (Å²) in [6, 6.07) is 6.54. The van der Waals surface area contributed by atoms with Gasteiger partial charge in [-0.2, -0.15) is 0 Å². The molecule has 0 spiro atoms. The molecule has 0 radical (unpaired) electrons. The van der Waals surface area contributed by atoms with E-state index in [4.69, 9.17) is 0 Å². The molecule has 0 fully saturated rings. The third-order valence-electron chi connectivity index (χ3n) is 2.97. The molecule has 0 saturated carbocycles. The van der Waals surface area contributed by atoms with E-state index in [2.05, 4.69) is 35.1 Å². The van der Waals surface area contributed by atoms with Crippen LogP contribution >= 0.6 is 0 Å². The Morgan fingerprint density at radius 3 is 2.81 bits per heavy atom. The first-order valence-corrected chi connectivity index (χ1v) is 6.01. The summed E-state index contributed by atoms with van der Waals surface area (Å²) in [5, 5.41) is 1.17.